The Bertz CT molecular complexity index is 1300. The number of fused-ring (bicyclic) bond motifs is 1. The Kier molecular flexibility index (Phi) is 7.23. The molecule has 0 aliphatic carbocycles. The van der Waals surface area contributed by atoms with Gasteiger partial charge in [-0.3, -0.25) is 9.69 Å². The summed E-state index contributed by atoms with van der Waals surface area (Å²) in [7, 11) is 3.32. The van der Waals surface area contributed by atoms with Crippen LogP contribution >= 0.6 is 0 Å². The minimum atomic E-state index is 0.195. The van der Waals surface area contributed by atoms with Crippen molar-refractivity contribution >= 4 is 16.8 Å². The summed E-state index contributed by atoms with van der Waals surface area (Å²) in [5.41, 5.74) is 4.59. The number of rotatable bonds is 8. The number of methoxy groups -OCH3 is 2. The van der Waals surface area contributed by atoms with Gasteiger partial charge in [0.2, 0.25) is 5.91 Å². The van der Waals surface area contributed by atoms with Gasteiger partial charge >= 0.3 is 0 Å². The van der Waals surface area contributed by atoms with Crippen LogP contribution < -0.4 is 9.47 Å². The Morgan fingerprint density at radius 1 is 0.778 bits per heavy atom. The van der Waals surface area contributed by atoms with Crippen LogP contribution in [0.4, 0.5) is 0 Å². The van der Waals surface area contributed by atoms with Crippen molar-refractivity contribution in [2.24, 2.45) is 0 Å². The fourth-order valence-corrected chi connectivity index (χ4v) is 5.02. The van der Waals surface area contributed by atoms with E-state index in [-0.39, 0.29) is 5.91 Å². The molecule has 0 spiro atoms. The van der Waals surface area contributed by atoms with Gasteiger partial charge in [-0.05, 0) is 34.9 Å². The Hall–Kier alpha value is -3.77. The first kappa shape index (κ1) is 23.9. The van der Waals surface area contributed by atoms with Crippen molar-refractivity contribution < 1.29 is 14.3 Å². The van der Waals surface area contributed by atoms with Gasteiger partial charge in [0.05, 0.1) is 20.6 Å². The van der Waals surface area contributed by atoms with E-state index in [0.717, 1.165) is 66.3 Å². The number of aromatic nitrogens is 1. The standard InChI is InChI=1S/C30H33N3O3/c1-35-26-16-24(17-27(19-26)36-2)21-33-22-25(28-10-6-7-11-29(28)33)18-30(34)32-14-12-31(13-15-32)20-23-8-4-3-5-9-23/h3-11,16-17,19,22H,12-15,18,20-21H2,1-2H3. The van der Waals surface area contributed by atoms with Gasteiger partial charge < -0.3 is 18.9 Å². The van der Waals surface area contributed by atoms with Gasteiger partial charge in [0.1, 0.15) is 11.5 Å². The van der Waals surface area contributed by atoms with Crippen molar-refractivity contribution in [3.63, 3.8) is 0 Å². The molecule has 186 valence electrons. The molecule has 5 rings (SSSR count). The van der Waals surface area contributed by atoms with Gasteiger partial charge in [0.25, 0.3) is 0 Å². The second-order valence-electron chi connectivity index (χ2n) is 9.34. The summed E-state index contributed by atoms with van der Waals surface area (Å²) in [6, 6.07) is 24.8. The van der Waals surface area contributed by atoms with E-state index in [9.17, 15) is 4.79 Å². The first-order valence-electron chi connectivity index (χ1n) is 12.5. The highest BCUT2D eigenvalue weighted by Crippen LogP contribution is 2.27. The lowest BCUT2D eigenvalue weighted by Crippen LogP contribution is -2.48. The first-order valence-corrected chi connectivity index (χ1v) is 12.5. The smallest absolute Gasteiger partial charge is 0.227 e. The minimum Gasteiger partial charge on any atom is -0.497 e. The highest BCUT2D eigenvalue weighted by atomic mass is 16.5. The summed E-state index contributed by atoms with van der Waals surface area (Å²) in [6.07, 6.45) is 2.54. The minimum absolute atomic E-state index is 0.195. The van der Waals surface area contributed by atoms with Crippen LogP contribution in [0.25, 0.3) is 10.9 Å². The second-order valence-corrected chi connectivity index (χ2v) is 9.34. The van der Waals surface area contributed by atoms with Gasteiger partial charge in [0, 0.05) is 62.4 Å². The quantitative estimate of drug-likeness (QED) is 0.368. The normalized spacial score (nSPS) is 14.2. The molecule has 3 aromatic carbocycles. The maximum atomic E-state index is 13.3. The number of nitrogens with zero attached hydrogens (tertiary/aromatic N) is 3. The number of hydrogen-bond donors (Lipinski definition) is 0. The fraction of sp³-hybridized carbons (Fsp3) is 0.300. The SMILES string of the molecule is COc1cc(Cn2cc(CC(=O)N3CCN(Cc4ccccc4)CC3)c3ccccc32)cc(OC)c1. The molecule has 4 aromatic rings. The Labute approximate surface area is 212 Å². The van der Waals surface area contributed by atoms with Crippen LogP contribution in [-0.2, 0) is 24.3 Å². The molecule has 1 saturated heterocycles. The van der Waals surface area contributed by atoms with E-state index in [4.69, 9.17) is 9.47 Å². The number of benzene rings is 3. The molecular weight excluding hydrogens is 450 g/mol. The molecule has 0 unspecified atom stereocenters. The molecular formula is C30H33N3O3. The van der Waals surface area contributed by atoms with Crippen molar-refractivity contribution in [1.29, 1.82) is 0 Å². The molecule has 0 saturated carbocycles. The fourth-order valence-electron chi connectivity index (χ4n) is 5.02. The molecule has 36 heavy (non-hydrogen) atoms. The van der Waals surface area contributed by atoms with Crippen LogP contribution in [0, 0.1) is 0 Å². The van der Waals surface area contributed by atoms with Crippen molar-refractivity contribution in [2.75, 3.05) is 40.4 Å². The summed E-state index contributed by atoms with van der Waals surface area (Å²) in [5.74, 6) is 1.73. The third-order valence-corrected chi connectivity index (χ3v) is 6.95. The molecule has 2 heterocycles. The van der Waals surface area contributed by atoms with Crippen LogP contribution in [0.3, 0.4) is 0 Å². The number of para-hydroxylation sites is 1. The Balaban J connectivity index is 1.28. The topological polar surface area (TPSA) is 46.9 Å². The number of hydrogen-bond acceptors (Lipinski definition) is 4. The zero-order chi connectivity index (χ0) is 24.9. The van der Waals surface area contributed by atoms with Gasteiger partial charge in [0.15, 0.2) is 0 Å². The molecule has 0 bridgehead atoms. The van der Waals surface area contributed by atoms with Gasteiger partial charge in [-0.2, -0.15) is 0 Å². The van der Waals surface area contributed by atoms with E-state index >= 15 is 0 Å². The predicted octanol–water partition coefficient (Wildman–Crippen LogP) is 4.59. The molecule has 6 nitrogen and oxygen atoms in total. The zero-order valence-electron chi connectivity index (χ0n) is 21.0. The lowest BCUT2D eigenvalue weighted by atomic mass is 10.1. The second kappa shape index (κ2) is 10.9. The van der Waals surface area contributed by atoms with Crippen molar-refractivity contribution in [1.82, 2.24) is 14.4 Å². The molecule has 0 N–H and O–H groups in total. The lowest BCUT2D eigenvalue weighted by molar-refractivity contribution is -0.132. The largest absolute Gasteiger partial charge is 0.497 e. The predicted molar refractivity (Wildman–Crippen MR) is 143 cm³/mol. The third kappa shape index (κ3) is 5.39. The number of piperazine rings is 1. The van der Waals surface area contributed by atoms with Gasteiger partial charge in [-0.1, -0.05) is 48.5 Å². The van der Waals surface area contributed by atoms with Gasteiger partial charge in [-0.25, -0.2) is 0 Å². The first-order chi connectivity index (χ1) is 17.6. The van der Waals surface area contributed by atoms with Gasteiger partial charge in [-0.15, -0.1) is 0 Å². The lowest BCUT2D eigenvalue weighted by Gasteiger charge is -2.34. The molecule has 1 aromatic heterocycles. The summed E-state index contributed by atoms with van der Waals surface area (Å²) >= 11 is 0. The number of carbonyl (C=O) groups is 1. The summed E-state index contributed by atoms with van der Waals surface area (Å²) in [6.45, 7) is 4.95. The van der Waals surface area contributed by atoms with Crippen molar-refractivity contribution in [3.05, 3.63) is 95.7 Å². The van der Waals surface area contributed by atoms with E-state index in [1.807, 2.05) is 41.3 Å². The maximum absolute atomic E-state index is 13.3. The molecule has 1 aliphatic rings. The van der Waals surface area contributed by atoms with E-state index in [1.54, 1.807) is 14.2 Å². The molecule has 0 atom stereocenters. The Morgan fingerprint density at radius 3 is 2.14 bits per heavy atom. The average Bonchev–Trinajstić information content (AvgIpc) is 3.26. The number of amides is 1. The Morgan fingerprint density at radius 2 is 1.44 bits per heavy atom. The van der Waals surface area contributed by atoms with E-state index < -0.39 is 0 Å². The number of carbonyl (C=O) groups excluding carboxylic acids is 1. The van der Waals surface area contributed by atoms with E-state index in [1.165, 1.54) is 5.56 Å². The highest BCUT2D eigenvalue weighted by molar-refractivity contribution is 5.89. The summed E-state index contributed by atoms with van der Waals surface area (Å²) < 4.78 is 13.1. The third-order valence-electron chi connectivity index (χ3n) is 6.95. The van der Waals surface area contributed by atoms with Crippen LogP contribution in [0.5, 0.6) is 11.5 Å². The molecule has 6 heteroatoms. The monoisotopic (exact) mass is 483 g/mol. The van der Waals surface area contributed by atoms with E-state index in [0.29, 0.717) is 13.0 Å². The molecule has 0 radical (unpaired) electrons. The average molecular weight is 484 g/mol. The summed E-state index contributed by atoms with van der Waals surface area (Å²) in [4.78, 5) is 17.7. The van der Waals surface area contributed by atoms with Crippen molar-refractivity contribution in [2.45, 2.75) is 19.5 Å². The van der Waals surface area contributed by atoms with Crippen LogP contribution in [0.15, 0.2) is 79.0 Å². The summed E-state index contributed by atoms with van der Waals surface area (Å²) in [5, 5.41) is 1.13. The van der Waals surface area contributed by atoms with E-state index in [2.05, 4.69) is 52.1 Å². The van der Waals surface area contributed by atoms with Crippen LogP contribution in [0.2, 0.25) is 0 Å². The zero-order valence-corrected chi connectivity index (χ0v) is 21.0. The van der Waals surface area contributed by atoms with Crippen LogP contribution in [-0.4, -0.2) is 60.7 Å². The molecule has 1 amide bonds. The highest BCUT2D eigenvalue weighted by Gasteiger charge is 2.22. The molecule has 1 aliphatic heterocycles. The van der Waals surface area contributed by atoms with Crippen LogP contribution in [0.1, 0.15) is 16.7 Å². The van der Waals surface area contributed by atoms with Crippen molar-refractivity contribution in [3.8, 4) is 11.5 Å². The number of ether oxygens (including phenoxy) is 2. The maximum Gasteiger partial charge on any atom is 0.227 e. The molecule has 1 fully saturated rings.